The summed E-state index contributed by atoms with van der Waals surface area (Å²) in [6.07, 6.45) is 0.942. The van der Waals surface area contributed by atoms with Crippen LogP contribution >= 0.6 is 0 Å². The average molecular weight is 457 g/mol. The fourth-order valence-electron chi connectivity index (χ4n) is 3.98. The molecular formula is C22H24F5N3O2. The molecule has 2 unspecified atom stereocenters. The Labute approximate surface area is 182 Å². The van der Waals surface area contributed by atoms with Crippen LogP contribution in [0.2, 0.25) is 0 Å². The number of carbonyl (C=O) groups is 1. The SMILES string of the molecule is CCCc1nn(C)c2c1C(c1c(F)c(F)c(F)c(F)c1F)C(C(=O)OC(C)(C)C)C(C)=N2. The summed E-state index contributed by atoms with van der Waals surface area (Å²) >= 11 is 0. The molecular weight excluding hydrogens is 433 g/mol. The van der Waals surface area contributed by atoms with Crippen molar-refractivity contribution in [2.75, 3.05) is 0 Å². The number of hydrogen-bond acceptors (Lipinski definition) is 4. The number of benzene rings is 1. The topological polar surface area (TPSA) is 56.5 Å². The van der Waals surface area contributed by atoms with Gasteiger partial charge < -0.3 is 4.74 Å². The van der Waals surface area contributed by atoms with Crippen LogP contribution in [0.1, 0.15) is 63.8 Å². The van der Waals surface area contributed by atoms with E-state index in [1.807, 2.05) is 6.92 Å². The molecule has 10 heteroatoms. The maximum atomic E-state index is 15.0. The Bertz CT molecular complexity index is 1090. The second-order valence-corrected chi connectivity index (χ2v) is 8.78. The largest absolute Gasteiger partial charge is 0.459 e. The van der Waals surface area contributed by atoms with Gasteiger partial charge in [0, 0.05) is 29.8 Å². The number of fused-ring (bicyclic) bond motifs is 1. The van der Waals surface area contributed by atoms with Crippen LogP contribution < -0.4 is 0 Å². The number of esters is 1. The molecule has 1 aromatic carbocycles. The van der Waals surface area contributed by atoms with Crippen LogP contribution in [0.25, 0.3) is 0 Å². The van der Waals surface area contributed by atoms with Gasteiger partial charge in [0.1, 0.15) is 11.5 Å². The maximum Gasteiger partial charge on any atom is 0.316 e. The molecule has 0 N–H and O–H groups in total. The van der Waals surface area contributed by atoms with Crippen molar-refractivity contribution < 1.29 is 31.5 Å². The minimum absolute atomic E-state index is 0.117. The van der Waals surface area contributed by atoms with E-state index in [1.54, 1.807) is 27.8 Å². The lowest BCUT2D eigenvalue weighted by molar-refractivity contribution is -0.157. The van der Waals surface area contributed by atoms with Gasteiger partial charge in [-0.1, -0.05) is 13.3 Å². The van der Waals surface area contributed by atoms with E-state index in [4.69, 9.17) is 4.74 Å². The van der Waals surface area contributed by atoms with Crippen molar-refractivity contribution in [3.63, 3.8) is 0 Å². The van der Waals surface area contributed by atoms with Crippen molar-refractivity contribution in [1.29, 1.82) is 0 Å². The second kappa shape index (κ2) is 8.29. The van der Waals surface area contributed by atoms with Gasteiger partial charge in [0.15, 0.2) is 29.1 Å². The number of hydrogen-bond donors (Lipinski definition) is 0. The highest BCUT2D eigenvalue weighted by Gasteiger charge is 2.46. The zero-order valence-corrected chi connectivity index (χ0v) is 18.6. The van der Waals surface area contributed by atoms with Gasteiger partial charge in [0.05, 0.1) is 5.69 Å². The number of nitrogens with zero attached hydrogens (tertiary/aromatic N) is 3. The van der Waals surface area contributed by atoms with E-state index >= 15 is 0 Å². The first kappa shape index (κ1) is 23.9. The Hall–Kier alpha value is -2.78. The molecule has 5 nitrogen and oxygen atoms in total. The third-order valence-electron chi connectivity index (χ3n) is 5.21. The molecule has 1 aliphatic rings. The van der Waals surface area contributed by atoms with Gasteiger partial charge >= 0.3 is 5.97 Å². The van der Waals surface area contributed by atoms with Gasteiger partial charge in [-0.15, -0.1) is 0 Å². The molecule has 0 fully saturated rings. The summed E-state index contributed by atoms with van der Waals surface area (Å²) < 4.78 is 78.8. The number of halogens is 5. The van der Waals surface area contributed by atoms with Crippen molar-refractivity contribution >= 4 is 17.5 Å². The van der Waals surface area contributed by atoms with Crippen molar-refractivity contribution in [3.8, 4) is 0 Å². The summed E-state index contributed by atoms with van der Waals surface area (Å²) in [4.78, 5) is 17.5. The minimum atomic E-state index is -2.26. The number of carbonyl (C=O) groups excluding carboxylic acids is 1. The van der Waals surface area contributed by atoms with E-state index in [9.17, 15) is 26.7 Å². The van der Waals surface area contributed by atoms with Crippen LogP contribution in [-0.2, 0) is 23.0 Å². The Morgan fingerprint density at radius 3 is 2.03 bits per heavy atom. The number of aromatic nitrogens is 2. The van der Waals surface area contributed by atoms with Gasteiger partial charge in [-0.2, -0.15) is 5.10 Å². The average Bonchev–Trinajstić information content (AvgIpc) is 2.98. The predicted octanol–water partition coefficient (Wildman–Crippen LogP) is 5.26. The van der Waals surface area contributed by atoms with Crippen LogP contribution in [0.5, 0.6) is 0 Å². The Balaban J connectivity index is 2.38. The molecule has 3 rings (SSSR count). The van der Waals surface area contributed by atoms with Gasteiger partial charge in [-0.05, 0) is 34.1 Å². The molecule has 174 valence electrons. The molecule has 2 aromatic rings. The van der Waals surface area contributed by atoms with Crippen LogP contribution in [0, 0.1) is 35.0 Å². The molecule has 0 amide bonds. The molecule has 0 saturated carbocycles. The molecule has 0 radical (unpaired) electrons. The standard InChI is InChI=1S/C22H24F5N3O2/c1-7-8-10-12-13(14-15(23)17(25)19(27)18(26)16(14)24)11(21(31)32-22(3,4)5)9(2)28-20(12)30(6)29-10/h11,13H,7-8H2,1-6H3. The predicted molar refractivity (Wildman–Crippen MR) is 107 cm³/mol. The van der Waals surface area contributed by atoms with E-state index in [1.165, 1.54) is 11.6 Å². The van der Waals surface area contributed by atoms with E-state index in [2.05, 4.69) is 10.1 Å². The molecule has 32 heavy (non-hydrogen) atoms. The van der Waals surface area contributed by atoms with Gasteiger partial charge in [-0.25, -0.2) is 26.9 Å². The van der Waals surface area contributed by atoms with E-state index in [0.29, 0.717) is 18.5 Å². The number of aliphatic imine (C=N–C) groups is 1. The lowest BCUT2D eigenvalue weighted by Gasteiger charge is -2.32. The first-order valence-electron chi connectivity index (χ1n) is 10.1. The normalized spacial score (nSPS) is 18.4. The summed E-state index contributed by atoms with van der Waals surface area (Å²) in [7, 11) is 1.55. The second-order valence-electron chi connectivity index (χ2n) is 8.78. The van der Waals surface area contributed by atoms with Crippen LogP contribution in [0.4, 0.5) is 27.8 Å². The molecule has 0 bridgehead atoms. The van der Waals surface area contributed by atoms with Crippen molar-refractivity contribution in [1.82, 2.24) is 9.78 Å². The monoisotopic (exact) mass is 457 g/mol. The first-order chi connectivity index (χ1) is 14.8. The molecule has 2 heterocycles. The smallest absolute Gasteiger partial charge is 0.316 e. The van der Waals surface area contributed by atoms with E-state index in [0.717, 1.165) is 0 Å². The zero-order chi connectivity index (χ0) is 24.1. The van der Waals surface area contributed by atoms with E-state index < -0.39 is 58.1 Å². The van der Waals surface area contributed by atoms with Gasteiger partial charge in [-0.3, -0.25) is 9.48 Å². The van der Waals surface area contributed by atoms with Gasteiger partial charge in [0.25, 0.3) is 0 Å². The fraction of sp³-hybridized carbons (Fsp3) is 0.500. The molecule has 0 saturated heterocycles. The highest BCUT2D eigenvalue weighted by atomic mass is 19.2. The van der Waals surface area contributed by atoms with Crippen molar-refractivity contribution in [2.45, 2.75) is 59.0 Å². The Morgan fingerprint density at radius 1 is 1.00 bits per heavy atom. The number of rotatable bonds is 4. The summed E-state index contributed by atoms with van der Waals surface area (Å²) in [6.45, 7) is 8.10. The highest BCUT2D eigenvalue weighted by Crippen LogP contribution is 2.47. The van der Waals surface area contributed by atoms with Gasteiger partial charge in [0.2, 0.25) is 5.82 Å². The van der Waals surface area contributed by atoms with E-state index in [-0.39, 0.29) is 17.1 Å². The Morgan fingerprint density at radius 2 is 1.53 bits per heavy atom. The van der Waals surface area contributed by atoms with Crippen LogP contribution in [0.15, 0.2) is 4.99 Å². The zero-order valence-electron chi connectivity index (χ0n) is 18.6. The number of aryl methyl sites for hydroxylation is 2. The summed E-state index contributed by atoms with van der Waals surface area (Å²) in [5.74, 6) is -14.1. The molecule has 0 aliphatic carbocycles. The third-order valence-corrected chi connectivity index (χ3v) is 5.21. The molecule has 0 spiro atoms. The van der Waals surface area contributed by atoms with Crippen molar-refractivity contribution in [2.24, 2.45) is 18.0 Å². The maximum absolute atomic E-state index is 15.0. The number of ether oxygens (including phenoxy) is 1. The molecule has 1 aromatic heterocycles. The fourth-order valence-corrected chi connectivity index (χ4v) is 3.98. The molecule has 2 atom stereocenters. The minimum Gasteiger partial charge on any atom is -0.459 e. The third kappa shape index (κ3) is 3.91. The summed E-state index contributed by atoms with van der Waals surface area (Å²) in [5.41, 5.74) is -1.42. The Kier molecular flexibility index (Phi) is 6.19. The lowest BCUT2D eigenvalue weighted by Crippen LogP contribution is -2.38. The molecule has 1 aliphatic heterocycles. The quantitative estimate of drug-likeness (QED) is 0.272. The van der Waals surface area contributed by atoms with Crippen LogP contribution in [0.3, 0.4) is 0 Å². The van der Waals surface area contributed by atoms with Crippen LogP contribution in [-0.4, -0.2) is 27.1 Å². The summed E-state index contributed by atoms with van der Waals surface area (Å²) in [5, 5.41) is 4.33. The van der Waals surface area contributed by atoms with Crippen molar-refractivity contribution in [3.05, 3.63) is 45.9 Å². The summed E-state index contributed by atoms with van der Waals surface area (Å²) in [6, 6.07) is 0. The highest BCUT2D eigenvalue weighted by molar-refractivity contribution is 6.05. The lowest BCUT2D eigenvalue weighted by atomic mass is 9.75. The first-order valence-corrected chi connectivity index (χ1v) is 10.1.